The molecular weight excluding hydrogens is 2110 g/mol. The highest BCUT2D eigenvalue weighted by molar-refractivity contribution is 9.10. The molecule has 0 fully saturated rings. The topological polar surface area (TPSA) is 554 Å². The fourth-order valence-corrected chi connectivity index (χ4v) is 11.2. The average Bonchev–Trinajstić information content (AvgIpc) is 1.66. The number of aliphatic hydroxyl groups is 1. The number of terminal acetylenes is 1. The summed E-state index contributed by atoms with van der Waals surface area (Å²) < 4.78 is 123. The summed E-state index contributed by atoms with van der Waals surface area (Å²) >= 11 is 12.3. The molecule has 0 radical (unpaired) electrons. The molecule has 0 atom stereocenters. The monoisotopic (exact) mass is 2240 g/mol. The molecule has 0 saturated heterocycles. The number of hydrogen-bond acceptors (Lipinski definition) is 44. The van der Waals surface area contributed by atoms with Gasteiger partial charge in [0.15, 0.2) is 52.8 Å². The number of nitrogens with two attached hydrogens (primary N) is 1. The first-order valence-electron chi connectivity index (χ1n) is 45.0. The molecule has 9 aromatic rings. The quantitative estimate of drug-likeness (QED) is 0.00272. The van der Waals surface area contributed by atoms with Crippen molar-refractivity contribution in [2.75, 3.05) is 236 Å². The van der Waals surface area contributed by atoms with Crippen LogP contribution in [-0.2, 0) is 99.8 Å². The summed E-state index contributed by atoms with van der Waals surface area (Å²) in [5.41, 5.74) is 4.91. The molecule has 44 nitrogen and oxygen atoms in total. The number of esters is 6. The van der Waals surface area contributed by atoms with Crippen molar-refractivity contribution in [2.24, 2.45) is 16.2 Å². The van der Waals surface area contributed by atoms with Gasteiger partial charge in [0.1, 0.15) is 109 Å². The molecule has 9 rings (SSSR count). The van der Waals surface area contributed by atoms with Crippen LogP contribution in [0, 0.1) is 18.2 Å². The molecule has 48 heteroatoms. The SMILES string of the molecule is C.C#Cc1nc(Br)cnc1N(C)C.CC(=O)OC(C)=O.CC(=O)OCCOCCOCCOc1ccccc1-c1cc(-c2nc(Br)cnc2N(C)C)on1.CC(=O)OCCOCCOCCOc1ccccc1/C(Cl)=N/O.CC(=O)OCCOCCOCCOc1ccccc1/C=N/O.CC(=O)OCCOCCOCCOc1ccccc1C=O.NO.O=Cc1ccccc1F.O=Cc1ccccc1OCCOCCOCCO. The Kier molecular flexibility index (Phi) is 81.5. The largest absolute Gasteiger partial charge is 0.491 e. The Morgan fingerprint density at radius 3 is 1.09 bits per heavy atom. The van der Waals surface area contributed by atoms with Gasteiger partial charge in [0.2, 0.25) is 0 Å². The van der Waals surface area contributed by atoms with Gasteiger partial charge in [-0.25, -0.2) is 30.2 Å². The van der Waals surface area contributed by atoms with Crippen molar-refractivity contribution in [3.8, 4) is 63.8 Å². The van der Waals surface area contributed by atoms with Crippen LogP contribution in [0.2, 0.25) is 0 Å². The van der Waals surface area contributed by atoms with E-state index in [0.717, 1.165) is 18.1 Å². The first-order valence-corrected chi connectivity index (χ1v) is 47.0. The van der Waals surface area contributed by atoms with Gasteiger partial charge >= 0.3 is 35.8 Å². The molecule has 3 heterocycles. The summed E-state index contributed by atoms with van der Waals surface area (Å²) in [5.74, 6) is 7.89. The predicted octanol–water partition coefficient (Wildman–Crippen LogP) is 12.5. The Hall–Kier alpha value is -13.5. The Morgan fingerprint density at radius 1 is 0.430 bits per heavy atom. The first kappa shape index (κ1) is 135. The number of oxime groups is 2. The standard InChI is InChI=1S/C23H27BrN4O6.C15H20ClNO6.C15H21NO6.C15H20O6.C13H18O5.C8H8BrN3.C7H5FO.C4H6O3.CH4.H3NO/c1-16(29)32-12-10-30-8-9-31-11-13-33-19-7-5-4-6-17(19)18-14-20(34-27-18)22-23(28(2)3)25-15-21(24)26-22;1-12(18)22-10-8-20-6-7-21-9-11-23-14-5-3-2-4-13(14)15(16)17-19;1-13(17)21-10-8-19-6-7-20-9-11-22-15-5-3-2-4-14(15)12-16-18;1-13(17)20-10-8-18-6-7-19-9-11-21-15-5-3-2-4-14(15)12-16;14-5-6-16-7-8-17-9-10-18-13-4-2-1-3-12(13)11-15;1-4-6-8(12(2)3)10-5-7(9)11-6;8-7-4-2-1-3-6(7)5-9;1-3(5)7-4(2)6;;1-2/h4-7,14-15H,8-13H2,1-3H3;2-5,19H,6-11H2,1H3;2-5,12,18H,6-11H2,1H3;2-5,12H,6-11H2,1H3;1-4,11,14H,5-10H2;1,5H,2-3H3;1-5H;1-2H3;1H4;2H,1H2/b;17-15-;16-12+;;;;;;;. The van der Waals surface area contributed by atoms with Crippen molar-refractivity contribution >= 4 is 121 Å². The van der Waals surface area contributed by atoms with Crippen LogP contribution in [0.15, 0.2) is 188 Å². The average molecular weight is 2240 g/mol. The highest BCUT2D eigenvalue weighted by atomic mass is 79.9. The molecule has 0 spiro atoms. The number of aliphatic hydroxyl groups excluding tert-OH is 1. The second-order valence-corrected chi connectivity index (χ2v) is 30.4. The van der Waals surface area contributed by atoms with E-state index in [9.17, 15) is 47.5 Å². The second-order valence-electron chi connectivity index (χ2n) is 28.4. The zero-order valence-corrected chi connectivity index (χ0v) is 87.8. The van der Waals surface area contributed by atoms with E-state index in [1.54, 1.807) is 103 Å². The van der Waals surface area contributed by atoms with E-state index in [2.05, 4.69) is 83.8 Å². The van der Waals surface area contributed by atoms with Crippen LogP contribution in [0.1, 0.15) is 96.9 Å². The van der Waals surface area contributed by atoms with Gasteiger partial charge < -0.3 is 130 Å². The predicted molar refractivity (Wildman–Crippen MR) is 553 cm³/mol. The van der Waals surface area contributed by atoms with Crippen LogP contribution in [0.3, 0.4) is 0 Å². The van der Waals surface area contributed by atoms with Gasteiger partial charge in [-0.15, -0.1) is 6.42 Å². The van der Waals surface area contributed by atoms with E-state index < -0.39 is 17.8 Å². The van der Waals surface area contributed by atoms with Crippen molar-refractivity contribution in [3.05, 3.63) is 213 Å². The highest BCUT2D eigenvalue weighted by Crippen LogP contribution is 2.35. The van der Waals surface area contributed by atoms with E-state index in [-0.39, 0.29) is 75.1 Å². The van der Waals surface area contributed by atoms with Gasteiger partial charge in [-0.1, -0.05) is 107 Å². The minimum Gasteiger partial charge on any atom is -0.491 e. The summed E-state index contributed by atoms with van der Waals surface area (Å²) in [6.45, 7) is 18.6. The number of hydrogen-bond donors (Lipinski definition) is 5. The number of ether oxygens (including phenoxy) is 20. The summed E-state index contributed by atoms with van der Waals surface area (Å²) in [5, 5.41) is 42.3. The summed E-state index contributed by atoms with van der Waals surface area (Å²) in [4.78, 5) is 114. The number of aldehydes is 3. The normalized spacial score (nSPS) is 10.2. The van der Waals surface area contributed by atoms with Crippen LogP contribution < -0.4 is 39.4 Å². The molecule has 6 N–H and O–H groups in total. The van der Waals surface area contributed by atoms with E-state index >= 15 is 0 Å². The third-order valence-electron chi connectivity index (χ3n) is 16.7. The fourth-order valence-electron chi connectivity index (χ4n) is 10.5. The number of benzene rings is 6. The zero-order chi connectivity index (χ0) is 109. The first-order chi connectivity index (χ1) is 71.6. The zero-order valence-electron chi connectivity index (χ0n) is 83.8. The van der Waals surface area contributed by atoms with Crippen LogP contribution >= 0.6 is 43.5 Å². The van der Waals surface area contributed by atoms with Gasteiger partial charge in [0.25, 0.3) is 0 Å². The third-order valence-corrected chi connectivity index (χ3v) is 17.8. The smallest absolute Gasteiger partial charge is 0.310 e. The molecule has 818 valence electrons. The molecule has 3 aromatic heterocycles. The van der Waals surface area contributed by atoms with Crippen LogP contribution in [-0.4, -0.2) is 338 Å². The maximum atomic E-state index is 12.4. The van der Waals surface area contributed by atoms with E-state index in [1.807, 2.05) is 86.5 Å². The van der Waals surface area contributed by atoms with Crippen molar-refractivity contribution in [3.63, 3.8) is 0 Å². The van der Waals surface area contributed by atoms with Gasteiger partial charge in [-0.3, -0.25) is 43.2 Å². The number of halogens is 4. The summed E-state index contributed by atoms with van der Waals surface area (Å²) in [6.07, 6.45) is 11.8. The van der Waals surface area contributed by atoms with E-state index in [1.165, 1.54) is 59.9 Å². The van der Waals surface area contributed by atoms with Crippen LogP contribution in [0.4, 0.5) is 16.0 Å². The van der Waals surface area contributed by atoms with E-state index in [4.69, 9.17) is 133 Å². The van der Waals surface area contributed by atoms with Crippen molar-refractivity contribution in [2.45, 2.75) is 49.0 Å². The van der Waals surface area contributed by atoms with Crippen molar-refractivity contribution in [1.29, 1.82) is 0 Å². The van der Waals surface area contributed by atoms with Gasteiger partial charge in [0, 0.05) is 86.9 Å². The number of nitrogens with zero attached hydrogens (tertiary/aromatic N) is 9. The number of carbonyl (C=O) groups is 9. The van der Waals surface area contributed by atoms with Crippen LogP contribution in [0.25, 0.3) is 22.7 Å². The van der Waals surface area contributed by atoms with Crippen molar-refractivity contribution < 1.29 is 168 Å². The number of anilines is 2. The Morgan fingerprint density at radius 2 is 0.745 bits per heavy atom. The number of para-hydroxylation sites is 5. The lowest BCUT2D eigenvalue weighted by molar-refractivity contribution is -0.156. The van der Waals surface area contributed by atoms with Crippen LogP contribution in [0.5, 0.6) is 28.7 Å². The summed E-state index contributed by atoms with van der Waals surface area (Å²) in [6, 6.07) is 43.5. The third kappa shape index (κ3) is 67.9. The molecule has 149 heavy (non-hydrogen) atoms. The molecule has 0 saturated carbocycles. The fraction of sp³-hybridized carbons (Fsp3) is 0.406. The maximum absolute atomic E-state index is 12.4. The molecular formula is C101H132Br2ClFN10O34. The van der Waals surface area contributed by atoms with Gasteiger partial charge in [0.05, 0.1) is 180 Å². The number of aromatic nitrogens is 5. The Balaban J connectivity index is 0.00000173. The Bertz CT molecular complexity index is 5290. The maximum Gasteiger partial charge on any atom is 0.310 e. The highest BCUT2D eigenvalue weighted by Gasteiger charge is 2.20. The molecule has 0 aliphatic heterocycles. The molecule has 6 aromatic carbocycles. The summed E-state index contributed by atoms with van der Waals surface area (Å²) in [7, 11) is 7.52. The lowest BCUT2D eigenvalue weighted by atomic mass is 10.1. The van der Waals surface area contributed by atoms with Crippen molar-refractivity contribution in [1.82, 2.24) is 25.1 Å². The minimum atomic E-state index is -0.562. The van der Waals surface area contributed by atoms with Gasteiger partial charge in [-0.05, 0) is 111 Å². The Labute approximate surface area is 886 Å². The molecule has 0 aliphatic rings. The van der Waals surface area contributed by atoms with E-state index in [0.29, 0.717) is 266 Å². The molecule has 0 aliphatic carbocycles. The molecule has 0 unspecified atom stereocenters. The lowest BCUT2D eigenvalue weighted by Gasteiger charge is -2.13. The minimum absolute atomic E-state index is 0. The number of carbonyl (C=O) groups excluding carboxylic acids is 9. The van der Waals surface area contributed by atoms with Gasteiger partial charge in [-0.2, -0.15) is 0 Å². The lowest BCUT2D eigenvalue weighted by Crippen LogP contribution is -2.14. The molecule has 0 amide bonds. The second kappa shape index (κ2) is 89.7. The molecule has 0 bridgehead atoms. The number of rotatable bonds is 58.